The molecular weight excluding hydrogens is 304 g/mol. The molecule has 0 heterocycles. The number of methoxy groups -OCH3 is 1. The van der Waals surface area contributed by atoms with Crippen LogP contribution in [0.25, 0.3) is 0 Å². The van der Waals surface area contributed by atoms with Gasteiger partial charge in [-0.25, -0.2) is 0 Å². The van der Waals surface area contributed by atoms with Crippen LogP contribution >= 0.6 is 15.9 Å². The molecule has 1 unspecified atom stereocenters. The maximum atomic E-state index is 10.3. The summed E-state index contributed by atoms with van der Waals surface area (Å²) in [6, 6.07) is 13.9. The highest BCUT2D eigenvalue weighted by atomic mass is 79.9. The van der Waals surface area contributed by atoms with Crippen molar-refractivity contribution < 1.29 is 9.84 Å². The van der Waals surface area contributed by atoms with Crippen LogP contribution in [0.2, 0.25) is 0 Å². The van der Waals surface area contributed by atoms with Crippen molar-refractivity contribution in [1.29, 1.82) is 0 Å². The Kier molecular flexibility index (Phi) is 4.61. The van der Waals surface area contributed by atoms with Gasteiger partial charge in [-0.3, -0.25) is 0 Å². The van der Waals surface area contributed by atoms with E-state index < -0.39 is 6.10 Å². The van der Waals surface area contributed by atoms with Crippen LogP contribution in [-0.2, 0) is 6.42 Å². The van der Waals surface area contributed by atoms with E-state index >= 15 is 0 Å². The Morgan fingerprint density at radius 3 is 2.42 bits per heavy atom. The van der Waals surface area contributed by atoms with E-state index in [1.54, 1.807) is 7.11 Å². The van der Waals surface area contributed by atoms with Gasteiger partial charge in [0.1, 0.15) is 5.75 Å². The number of aryl methyl sites for hydroxylation is 1. The molecule has 1 atom stereocenters. The molecule has 0 bridgehead atoms. The highest BCUT2D eigenvalue weighted by molar-refractivity contribution is 9.10. The molecule has 0 amide bonds. The number of ether oxygens (including phenoxy) is 1. The van der Waals surface area contributed by atoms with E-state index in [1.807, 2.05) is 18.2 Å². The molecule has 3 heteroatoms. The zero-order valence-corrected chi connectivity index (χ0v) is 12.6. The largest absolute Gasteiger partial charge is 0.496 e. The summed E-state index contributed by atoms with van der Waals surface area (Å²) in [6.07, 6.45) is 0.101. The Balaban J connectivity index is 2.13. The first-order valence-corrected chi connectivity index (χ1v) is 6.96. The zero-order valence-electron chi connectivity index (χ0n) is 11.1. The maximum Gasteiger partial charge on any atom is 0.133 e. The fourth-order valence-electron chi connectivity index (χ4n) is 1.96. The van der Waals surface area contributed by atoms with Gasteiger partial charge in [-0.05, 0) is 46.1 Å². The minimum Gasteiger partial charge on any atom is -0.496 e. The van der Waals surface area contributed by atoms with Crippen molar-refractivity contribution in [2.75, 3.05) is 7.11 Å². The van der Waals surface area contributed by atoms with Crippen LogP contribution in [0.4, 0.5) is 0 Å². The van der Waals surface area contributed by atoms with Crippen molar-refractivity contribution in [3.63, 3.8) is 0 Å². The van der Waals surface area contributed by atoms with E-state index in [-0.39, 0.29) is 0 Å². The molecule has 0 saturated carbocycles. The summed E-state index contributed by atoms with van der Waals surface area (Å²) in [5.74, 6) is 0.770. The summed E-state index contributed by atoms with van der Waals surface area (Å²) < 4.78 is 6.04. The second-order valence-corrected chi connectivity index (χ2v) is 5.45. The topological polar surface area (TPSA) is 29.5 Å². The number of halogens is 1. The summed E-state index contributed by atoms with van der Waals surface area (Å²) in [5.41, 5.74) is 3.24. The second-order valence-electron chi connectivity index (χ2n) is 4.60. The lowest BCUT2D eigenvalue weighted by Gasteiger charge is -2.13. The molecular formula is C16H17BrO2. The smallest absolute Gasteiger partial charge is 0.133 e. The molecule has 1 N–H and O–H groups in total. The molecule has 2 rings (SSSR count). The lowest BCUT2D eigenvalue weighted by molar-refractivity contribution is 0.178. The van der Waals surface area contributed by atoms with Gasteiger partial charge < -0.3 is 9.84 Å². The van der Waals surface area contributed by atoms with Crippen LogP contribution in [0.1, 0.15) is 22.8 Å². The van der Waals surface area contributed by atoms with Crippen LogP contribution in [0, 0.1) is 6.92 Å². The van der Waals surface area contributed by atoms with E-state index in [9.17, 15) is 5.11 Å². The van der Waals surface area contributed by atoms with Crippen LogP contribution < -0.4 is 4.74 Å². The summed E-state index contributed by atoms with van der Waals surface area (Å²) in [7, 11) is 1.63. The first-order valence-electron chi connectivity index (χ1n) is 6.17. The minimum absolute atomic E-state index is 0.509. The lowest BCUT2D eigenvalue weighted by atomic mass is 10.0. The molecule has 2 nitrogen and oxygen atoms in total. The number of hydrogen-bond donors (Lipinski definition) is 1. The highest BCUT2D eigenvalue weighted by Crippen LogP contribution is 2.29. The molecule has 19 heavy (non-hydrogen) atoms. The lowest BCUT2D eigenvalue weighted by Crippen LogP contribution is -2.02. The molecule has 0 aromatic heterocycles. The van der Waals surface area contributed by atoms with Crippen molar-refractivity contribution in [2.24, 2.45) is 0 Å². The first kappa shape index (κ1) is 14.1. The molecule has 0 aliphatic rings. The van der Waals surface area contributed by atoms with Crippen molar-refractivity contribution in [1.82, 2.24) is 0 Å². The third-order valence-electron chi connectivity index (χ3n) is 3.11. The third kappa shape index (κ3) is 3.58. The second kappa shape index (κ2) is 6.22. The van der Waals surface area contributed by atoms with E-state index in [0.29, 0.717) is 6.42 Å². The van der Waals surface area contributed by atoms with Gasteiger partial charge in [0.05, 0.1) is 17.7 Å². The predicted octanol–water partition coefficient (Wildman–Crippen LogP) is 4.04. The molecule has 2 aromatic carbocycles. The van der Waals surface area contributed by atoms with E-state index in [0.717, 1.165) is 21.3 Å². The van der Waals surface area contributed by atoms with Gasteiger partial charge in [0.25, 0.3) is 0 Å². The molecule has 2 aromatic rings. The van der Waals surface area contributed by atoms with Gasteiger partial charge in [0.15, 0.2) is 0 Å². The first-order chi connectivity index (χ1) is 9.10. The molecule has 0 aliphatic carbocycles. The van der Waals surface area contributed by atoms with E-state index in [1.165, 1.54) is 5.56 Å². The Bertz CT molecular complexity index is 549. The Hall–Kier alpha value is -1.32. The Morgan fingerprint density at radius 2 is 1.84 bits per heavy atom. The maximum absolute atomic E-state index is 10.3. The Labute approximate surface area is 122 Å². The average Bonchev–Trinajstić information content (AvgIpc) is 2.41. The van der Waals surface area contributed by atoms with Gasteiger partial charge in [-0.15, -0.1) is 0 Å². The van der Waals surface area contributed by atoms with Crippen molar-refractivity contribution in [3.8, 4) is 5.75 Å². The van der Waals surface area contributed by atoms with Crippen molar-refractivity contribution in [3.05, 3.63) is 63.6 Å². The van der Waals surface area contributed by atoms with Crippen LogP contribution in [0.5, 0.6) is 5.75 Å². The van der Waals surface area contributed by atoms with Gasteiger partial charge in [-0.1, -0.05) is 35.9 Å². The zero-order chi connectivity index (χ0) is 13.8. The molecule has 0 aliphatic heterocycles. The van der Waals surface area contributed by atoms with Crippen LogP contribution in [0.15, 0.2) is 46.9 Å². The SMILES string of the molecule is COc1ccc(C(O)Cc2ccc(C)cc2)cc1Br. The summed E-state index contributed by atoms with van der Waals surface area (Å²) in [4.78, 5) is 0. The van der Waals surface area contributed by atoms with Crippen molar-refractivity contribution >= 4 is 15.9 Å². The standard InChI is InChI=1S/C16H17BrO2/c1-11-3-5-12(6-4-11)9-15(18)13-7-8-16(19-2)14(17)10-13/h3-8,10,15,18H,9H2,1-2H3. The van der Waals surface area contributed by atoms with Gasteiger partial charge in [0.2, 0.25) is 0 Å². The summed E-state index contributed by atoms with van der Waals surface area (Å²) >= 11 is 3.43. The summed E-state index contributed by atoms with van der Waals surface area (Å²) in [6.45, 7) is 2.06. The van der Waals surface area contributed by atoms with E-state index in [2.05, 4.69) is 47.1 Å². The quantitative estimate of drug-likeness (QED) is 0.921. The predicted molar refractivity (Wildman–Crippen MR) is 80.5 cm³/mol. The molecule has 0 spiro atoms. The number of aliphatic hydroxyl groups excluding tert-OH is 1. The van der Waals surface area contributed by atoms with Crippen molar-refractivity contribution in [2.45, 2.75) is 19.4 Å². The number of rotatable bonds is 4. The van der Waals surface area contributed by atoms with E-state index in [4.69, 9.17) is 4.74 Å². The van der Waals surface area contributed by atoms with Crippen LogP contribution in [-0.4, -0.2) is 12.2 Å². The van der Waals surface area contributed by atoms with Gasteiger partial charge in [0, 0.05) is 6.42 Å². The fraction of sp³-hybridized carbons (Fsp3) is 0.250. The van der Waals surface area contributed by atoms with Gasteiger partial charge >= 0.3 is 0 Å². The third-order valence-corrected chi connectivity index (χ3v) is 3.73. The van der Waals surface area contributed by atoms with Gasteiger partial charge in [-0.2, -0.15) is 0 Å². The number of aliphatic hydroxyl groups is 1. The summed E-state index contributed by atoms with van der Waals surface area (Å²) in [5, 5.41) is 10.3. The molecule has 0 saturated heterocycles. The molecule has 0 fully saturated rings. The minimum atomic E-state index is -0.509. The normalized spacial score (nSPS) is 12.2. The number of benzene rings is 2. The fourth-order valence-corrected chi connectivity index (χ4v) is 2.51. The monoisotopic (exact) mass is 320 g/mol. The average molecular weight is 321 g/mol. The number of hydrogen-bond acceptors (Lipinski definition) is 2. The van der Waals surface area contributed by atoms with Crippen LogP contribution in [0.3, 0.4) is 0 Å². The highest BCUT2D eigenvalue weighted by Gasteiger charge is 2.11. The Morgan fingerprint density at radius 1 is 1.16 bits per heavy atom. The molecule has 100 valence electrons. The molecule has 0 radical (unpaired) electrons.